The minimum absolute atomic E-state index is 0.00769. The Balaban J connectivity index is 2.25. The van der Waals surface area contributed by atoms with Crippen molar-refractivity contribution < 1.29 is 0 Å². The van der Waals surface area contributed by atoms with Gasteiger partial charge in [0.1, 0.15) is 0 Å². The zero-order valence-corrected chi connectivity index (χ0v) is 14.3. The van der Waals surface area contributed by atoms with E-state index in [1.165, 1.54) is 12.8 Å². The molecule has 0 saturated carbocycles. The molecule has 2 rings (SSSR count). The Morgan fingerprint density at radius 3 is 2.33 bits per heavy atom. The Morgan fingerprint density at radius 1 is 1.29 bits per heavy atom. The van der Waals surface area contributed by atoms with Gasteiger partial charge in [0.15, 0.2) is 0 Å². The van der Waals surface area contributed by atoms with Gasteiger partial charge in [-0.15, -0.1) is 0 Å². The predicted molar refractivity (Wildman–Crippen MR) is 90.8 cm³/mol. The topological polar surface area (TPSA) is 41.3 Å². The summed E-state index contributed by atoms with van der Waals surface area (Å²) in [6.45, 7) is 6.78. The number of hydrazine groups is 1. The molecule has 2 unspecified atom stereocenters. The molecule has 0 aliphatic carbocycles. The fourth-order valence-corrected chi connectivity index (χ4v) is 3.86. The van der Waals surface area contributed by atoms with Gasteiger partial charge < -0.3 is 0 Å². The van der Waals surface area contributed by atoms with Crippen molar-refractivity contribution >= 4 is 23.2 Å². The third-order valence-corrected chi connectivity index (χ3v) is 5.67. The summed E-state index contributed by atoms with van der Waals surface area (Å²) in [6.07, 6.45) is 4.29. The minimum atomic E-state index is 0.00769. The SMILES string of the molecule is CCC(C)(C(Cc1c(Cl)cccc1Cl)NN)N1CCCC1. The number of nitrogens with two attached hydrogens (primary N) is 1. The third kappa shape index (κ3) is 3.54. The van der Waals surface area contributed by atoms with Crippen LogP contribution in [0.3, 0.4) is 0 Å². The van der Waals surface area contributed by atoms with Gasteiger partial charge in [0.25, 0.3) is 0 Å². The number of likely N-dealkylation sites (tertiary alicyclic amines) is 1. The maximum atomic E-state index is 6.32. The highest BCUT2D eigenvalue weighted by Gasteiger charge is 2.39. The van der Waals surface area contributed by atoms with E-state index in [1.807, 2.05) is 18.2 Å². The molecule has 2 atom stereocenters. The Labute approximate surface area is 137 Å². The minimum Gasteiger partial charge on any atom is -0.296 e. The van der Waals surface area contributed by atoms with E-state index in [0.29, 0.717) is 10.0 Å². The van der Waals surface area contributed by atoms with Gasteiger partial charge >= 0.3 is 0 Å². The molecule has 0 spiro atoms. The number of hydrogen-bond acceptors (Lipinski definition) is 3. The lowest BCUT2D eigenvalue weighted by Crippen LogP contribution is -2.61. The van der Waals surface area contributed by atoms with Crippen molar-refractivity contribution in [2.75, 3.05) is 13.1 Å². The van der Waals surface area contributed by atoms with Crippen molar-refractivity contribution in [3.05, 3.63) is 33.8 Å². The Morgan fingerprint density at radius 2 is 1.86 bits per heavy atom. The van der Waals surface area contributed by atoms with Gasteiger partial charge in [-0.2, -0.15) is 0 Å². The van der Waals surface area contributed by atoms with Crippen LogP contribution in [0.15, 0.2) is 18.2 Å². The van der Waals surface area contributed by atoms with Gasteiger partial charge in [-0.3, -0.25) is 16.2 Å². The van der Waals surface area contributed by atoms with Crippen LogP contribution in [-0.4, -0.2) is 29.6 Å². The summed E-state index contributed by atoms with van der Waals surface area (Å²) >= 11 is 12.6. The van der Waals surface area contributed by atoms with Crippen molar-refractivity contribution in [1.29, 1.82) is 0 Å². The molecule has 3 nitrogen and oxygen atoms in total. The molecule has 118 valence electrons. The van der Waals surface area contributed by atoms with Crippen molar-refractivity contribution in [2.24, 2.45) is 5.84 Å². The van der Waals surface area contributed by atoms with E-state index < -0.39 is 0 Å². The highest BCUT2D eigenvalue weighted by atomic mass is 35.5. The first-order valence-electron chi connectivity index (χ1n) is 7.67. The Kier molecular flexibility index (Phi) is 5.92. The van der Waals surface area contributed by atoms with Gasteiger partial charge in [0.05, 0.1) is 0 Å². The summed E-state index contributed by atoms with van der Waals surface area (Å²) < 4.78 is 0. The van der Waals surface area contributed by atoms with Crippen LogP contribution in [0.1, 0.15) is 38.7 Å². The van der Waals surface area contributed by atoms with Crippen LogP contribution >= 0.6 is 23.2 Å². The Hall–Kier alpha value is -0.320. The Bertz CT molecular complexity index is 454. The first-order valence-corrected chi connectivity index (χ1v) is 8.42. The molecular weight excluding hydrogens is 305 g/mol. The average Bonchev–Trinajstić information content (AvgIpc) is 3.01. The van der Waals surface area contributed by atoms with Crippen LogP contribution in [0, 0.1) is 0 Å². The zero-order valence-electron chi connectivity index (χ0n) is 12.8. The summed E-state index contributed by atoms with van der Waals surface area (Å²) in [5.41, 5.74) is 4.00. The van der Waals surface area contributed by atoms with Gasteiger partial charge in [-0.25, -0.2) is 0 Å². The third-order valence-electron chi connectivity index (χ3n) is 4.97. The molecule has 1 fully saturated rings. The lowest BCUT2D eigenvalue weighted by atomic mass is 9.84. The van der Waals surface area contributed by atoms with E-state index in [4.69, 9.17) is 29.0 Å². The van der Waals surface area contributed by atoms with Gasteiger partial charge in [0.2, 0.25) is 0 Å². The first kappa shape index (κ1) is 17.0. The highest BCUT2D eigenvalue weighted by molar-refractivity contribution is 6.36. The molecule has 1 heterocycles. The van der Waals surface area contributed by atoms with E-state index in [-0.39, 0.29) is 11.6 Å². The number of hydrogen-bond donors (Lipinski definition) is 2. The van der Waals surface area contributed by atoms with Crippen LogP contribution in [0.5, 0.6) is 0 Å². The largest absolute Gasteiger partial charge is 0.296 e. The van der Waals surface area contributed by atoms with E-state index in [9.17, 15) is 0 Å². The number of nitrogens with one attached hydrogen (secondary N) is 1. The standard InChI is InChI=1S/C16H25Cl2N3/c1-3-16(2,21-9-4-5-10-21)15(20-19)11-12-13(17)7-6-8-14(12)18/h6-8,15,20H,3-5,9-11,19H2,1-2H3. The lowest BCUT2D eigenvalue weighted by Gasteiger charge is -2.44. The molecule has 1 aromatic rings. The van der Waals surface area contributed by atoms with Crippen molar-refractivity contribution in [3.8, 4) is 0 Å². The van der Waals surface area contributed by atoms with E-state index in [2.05, 4.69) is 24.2 Å². The molecule has 0 aromatic heterocycles. The van der Waals surface area contributed by atoms with E-state index in [0.717, 1.165) is 31.5 Å². The number of halogens is 2. The van der Waals surface area contributed by atoms with Crippen LogP contribution in [0.2, 0.25) is 10.0 Å². The maximum Gasteiger partial charge on any atom is 0.0453 e. The summed E-state index contributed by atoms with van der Waals surface area (Å²) in [5.74, 6) is 5.89. The second kappa shape index (κ2) is 7.30. The van der Waals surface area contributed by atoms with Crippen LogP contribution in [-0.2, 0) is 6.42 Å². The normalized spacial score (nSPS) is 20.4. The summed E-state index contributed by atoms with van der Waals surface area (Å²) in [6, 6.07) is 5.75. The van der Waals surface area contributed by atoms with Gasteiger partial charge in [0, 0.05) is 21.6 Å². The molecule has 1 aliphatic heterocycles. The fourth-order valence-electron chi connectivity index (χ4n) is 3.31. The highest BCUT2D eigenvalue weighted by Crippen LogP contribution is 2.32. The smallest absolute Gasteiger partial charge is 0.0453 e. The number of rotatable bonds is 6. The number of nitrogens with zero attached hydrogens (tertiary/aromatic N) is 1. The molecule has 21 heavy (non-hydrogen) atoms. The monoisotopic (exact) mass is 329 g/mol. The molecule has 1 saturated heterocycles. The van der Waals surface area contributed by atoms with Crippen molar-refractivity contribution in [2.45, 2.75) is 51.1 Å². The van der Waals surface area contributed by atoms with E-state index in [1.54, 1.807) is 0 Å². The second-order valence-electron chi connectivity index (χ2n) is 6.03. The van der Waals surface area contributed by atoms with Crippen LogP contribution in [0.4, 0.5) is 0 Å². The quantitative estimate of drug-likeness (QED) is 0.618. The van der Waals surface area contributed by atoms with Gasteiger partial charge in [-0.1, -0.05) is 36.2 Å². The maximum absolute atomic E-state index is 6.32. The molecule has 5 heteroatoms. The lowest BCUT2D eigenvalue weighted by molar-refractivity contribution is 0.0841. The number of benzene rings is 1. The molecule has 1 aromatic carbocycles. The summed E-state index contributed by atoms with van der Waals surface area (Å²) in [4.78, 5) is 2.54. The molecule has 0 amide bonds. The first-order chi connectivity index (χ1) is 10.0. The summed E-state index contributed by atoms with van der Waals surface area (Å²) in [7, 11) is 0. The van der Waals surface area contributed by atoms with E-state index >= 15 is 0 Å². The van der Waals surface area contributed by atoms with Crippen molar-refractivity contribution in [1.82, 2.24) is 10.3 Å². The van der Waals surface area contributed by atoms with Crippen LogP contribution < -0.4 is 11.3 Å². The van der Waals surface area contributed by atoms with Crippen LogP contribution in [0.25, 0.3) is 0 Å². The molecule has 3 N–H and O–H groups in total. The van der Waals surface area contributed by atoms with Crippen molar-refractivity contribution in [3.63, 3.8) is 0 Å². The second-order valence-corrected chi connectivity index (χ2v) is 6.84. The summed E-state index contributed by atoms with van der Waals surface area (Å²) in [5, 5.41) is 1.42. The van der Waals surface area contributed by atoms with Gasteiger partial charge in [-0.05, 0) is 63.4 Å². The fraction of sp³-hybridized carbons (Fsp3) is 0.625. The molecule has 1 aliphatic rings. The predicted octanol–water partition coefficient (Wildman–Crippen LogP) is 3.63. The molecule has 0 radical (unpaired) electrons. The zero-order chi connectivity index (χ0) is 15.5. The molecule has 0 bridgehead atoms. The molecular formula is C16H25Cl2N3. The average molecular weight is 330 g/mol.